The van der Waals surface area contributed by atoms with Crippen LogP contribution in [0.2, 0.25) is 0 Å². The molecule has 0 spiro atoms. The first-order valence-electron chi connectivity index (χ1n) is 9.58. The van der Waals surface area contributed by atoms with Crippen LogP contribution in [0.1, 0.15) is 29.6 Å². The molecule has 0 amide bonds. The van der Waals surface area contributed by atoms with Gasteiger partial charge in [-0.05, 0) is 42.1 Å². The van der Waals surface area contributed by atoms with E-state index in [0.29, 0.717) is 50.4 Å². The molecule has 0 saturated carbocycles. The van der Waals surface area contributed by atoms with Gasteiger partial charge < -0.3 is 10.2 Å². The summed E-state index contributed by atoms with van der Waals surface area (Å²) in [7, 11) is 0. The fourth-order valence-electron chi connectivity index (χ4n) is 3.60. The van der Waals surface area contributed by atoms with Gasteiger partial charge in [-0.3, -0.25) is 4.79 Å². The zero-order valence-electron chi connectivity index (χ0n) is 15.8. The van der Waals surface area contributed by atoms with Gasteiger partial charge in [0.1, 0.15) is 5.70 Å². The lowest BCUT2D eigenvalue weighted by Crippen LogP contribution is -2.40. The van der Waals surface area contributed by atoms with E-state index in [9.17, 15) is 18.0 Å². The quantitative estimate of drug-likeness (QED) is 0.545. The van der Waals surface area contributed by atoms with E-state index in [1.807, 2.05) is 42.5 Å². The highest BCUT2D eigenvalue weighted by Gasteiger charge is 2.37. The Morgan fingerprint density at radius 2 is 1.79 bits per heavy atom. The second-order valence-corrected chi connectivity index (χ2v) is 7.31. The molecule has 0 aromatic heterocycles. The van der Waals surface area contributed by atoms with Gasteiger partial charge in [0.15, 0.2) is 5.78 Å². The van der Waals surface area contributed by atoms with E-state index in [0.717, 1.165) is 17.3 Å². The van der Waals surface area contributed by atoms with Crippen molar-refractivity contribution in [2.24, 2.45) is 5.92 Å². The van der Waals surface area contributed by atoms with Crippen LogP contribution in [0.5, 0.6) is 0 Å². The molecule has 2 aromatic rings. The highest BCUT2D eigenvalue weighted by atomic mass is 19.4. The topological polar surface area (TPSA) is 32.3 Å². The number of likely N-dealkylation sites (tertiary alicyclic amines) is 1. The Balaban J connectivity index is 1.39. The van der Waals surface area contributed by atoms with Crippen molar-refractivity contribution in [3.8, 4) is 0 Å². The first-order chi connectivity index (χ1) is 13.3. The van der Waals surface area contributed by atoms with Crippen molar-refractivity contribution in [2.75, 3.05) is 26.2 Å². The fraction of sp³-hybridized carbons (Fsp3) is 0.409. The third kappa shape index (κ3) is 5.13. The number of carbonyl (C=O) groups is 1. The maximum absolute atomic E-state index is 12.7. The predicted octanol–water partition coefficient (Wildman–Crippen LogP) is 4.79. The van der Waals surface area contributed by atoms with E-state index >= 15 is 0 Å². The van der Waals surface area contributed by atoms with Gasteiger partial charge in [0.05, 0.1) is 0 Å². The Bertz CT molecular complexity index is 839. The molecular weight excluding hydrogens is 365 g/mol. The van der Waals surface area contributed by atoms with Crippen LogP contribution in [0.3, 0.4) is 0 Å². The second-order valence-electron chi connectivity index (χ2n) is 7.31. The number of ketones is 1. The van der Waals surface area contributed by atoms with Crippen LogP contribution in [0.25, 0.3) is 10.8 Å². The maximum atomic E-state index is 12.7. The molecule has 1 aliphatic heterocycles. The molecule has 6 heteroatoms. The van der Waals surface area contributed by atoms with Crippen molar-refractivity contribution >= 4 is 16.6 Å². The summed E-state index contributed by atoms with van der Waals surface area (Å²) in [6.07, 6.45) is -2.56. The number of hydrogen-bond donors (Lipinski definition) is 1. The largest absolute Gasteiger partial charge is 0.430 e. The van der Waals surface area contributed by atoms with Crippen LogP contribution in [-0.4, -0.2) is 43.0 Å². The molecule has 150 valence electrons. The summed E-state index contributed by atoms with van der Waals surface area (Å²) in [6, 6.07) is 13.7. The normalized spacial score (nSPS) is 15.8. The fourth-order valence-corrected chi connectivity index (χ4v) is 3.60. The van der Waals surface area contributed by atoms with Gasteiger partial charge >= 0.3 is 6.18 Å². The van der Waals surface area contributed by atoms with Crippen molar-refractivity contribution in [1.82, 2.24) is 10.2 Å². The first kappa shape index (κ1) is 20.4. The summed E-state index contributed by atoms with van der Waals surface area (Å²) in [5.41, 5.74) is -0.0423. The molecule has 1 saturated heterocycles. The van der Waals surface area contributed by atoms with E-state index in [2.05, 4.69) is 11.9 Å². The number of rotatable bonds is 7. The molecule has 0 radical (unpaired) electrons. The van der Waals surface area contributed by atoms with Crippen molar-refractivity contribution in [3.63, 3.8) is 0 Å². The number of piperidine rings is 1. The first-order valence-corrected chi connectivity index (χ1v) is 9.58. The van der Waals surface area contributed by atoms with Gasteiger partial charge in [0.25, 0.3) is 0 Å². The monoisotopic (exact) mass is 390 g/mol. The maximum Gasteiger partial charge on any atom is 0.430 e. The smallest absolute Gasteiger partial charge is 0.368 e. The lowest BCUT2D eigenvalue weighted by atomic mass is 9.96. The van der Waals surface area contributed by atoms with E-state index in [4.69, 9.17) is 0 Å². The van der Waals surface area contributed by atoms with Crippen molar-refractivity contribution < 1.29 is 18.0 Å². The van der Waals surface area contributed by atoms with Crippen LogP contribution in [0, 0.1) is 5.92 Å². The number of allylic oxidation sites excluding steroid dienone is 1. The summed E-state index contributed by atoms with van der Waals surface area (Å²) in [4.78, 5) is 13.7. The van der Waals surface area contributed by atoms with E-state index < -0.39 is 11.9 Å². The number of nitrogens with zero attached hydrogens (tertiary/aromatic N) is 1. The summed E-state index contributed by atoms with van der Waals surface area (Å²) in [5, 5.41) is 5.44. The van der Waals surface area contributed by atoms with Crippen LogP contribution >= 0.6 is 0 Å². The average Bonchev–Trinajstić information content (AvgIpc) is 2.70. The Morgan fingerprint density at radius 3 is 2.46 bits per heavy atom. The van der Waals surface area contributed by atoms with Gasteiger partial charge in [-0.15, -0.1) is 0 Å². The summed E-state index contributed by atoms with van der Waals surface area (Å²) >= 11 is 0. The van der Waals surface area contributed by atoms with Gasteiger partial charge in [-0.2, -0.15) is 13.2 Å². The Morgan fingerprint density at radius 1 is 1.11 bits per heavy atom. The SMILES string of the molecule is C=C(N1CCC(CNCCC(=O)c2ccc3ccccc3c2)CC1)C(F)(F)F. The van der Waals surface area contributed by atoms with Crippen LogP contribution < -0.4 is 5.32 Å². The third-order valence-electron chi connectivity index (χ3n) is 5.36. The zero-order valence-corrected chi connectivity index (χ0v) is 15.8. The summed E-state index contributed by atoms with van der Waals surface area (Å²) in [5.74, 6) is 0.419. The second kappa shape index (κ2) is 8.78. The van der Waals surface area contributed by atoms with E-state index in [1.165, 1.54) is 4.90 Å². The number of carbonyl (C=O) groups excluding carboxylic acids is 1. The van der Waals surface area contributed by atoms with Crippen molar-refractivity contribution in [1.29, 1.82) is 0 Å². The average molecular weight is 390 g/mol. The number of halogens is 3. The van der Waals surface area contributed by atoms with E-state index in [-0.39, 0.29) is 5.78 Å². The third-order valence-corrected chi connectivity index (χ3v) is 5.36. The van der Waals surface area contributed by atoms with Gasteiger partial charge in [-0.25, -0.2) is 0 Å². The summed E-state index contributed by atoms with van der Waals surface area (Å²) < 4.78 is 38.1. The predicted molar refractivity (Wildman–Crippen MR) is 105 cm³/mol. The molecule has 3 nitrogen and oxygen atoms in total. The Labute approximate surface area is 163 Å². The summed E-state index contributed by atoms with van der Waals surface area (Å²) in [6.45, 7) is 5.21. The van der Waals surface area contributed by atoms with E-state index in [1.54, 1.807) is 0 Å². The molecule has 0 aliphatic carbocycles. The lowest BCUT2D eigenvalue weighted by molar-refractivity contribution is -0.113. The van der Waals surface area contributed by atoms with Gasteiger partial charge in [0.2, 0.25) is 0 Å². The molecule has 1 N–H and O–H groups in total. The minimum absolute atomic E-state index is 0.0922. The standard InChI is InChI=1S/C22H25F3N2O/c1-16(22(23,24)25)27-12-9-17(10-13-27)15-26-11-8-21(28)20-7-6-18-4-2-3-5-19(18)14-20/h2-7,14,17,26H,1,8-13,15H2. The highest BCUT2D eigenvalue weighted by molar-refractivity contribution is 6.00. The molecule has 3 rings (SSSR count). The molecule has 1 heterocycles. The van der Waals surface area contributed by atoms with Crippen LogP contribution in [-0.2, 0) is 0 Å². The molecule has 0 unspecified atom stereocenters. The molecule has 0 bridgehead atoms. The number of alkyl halides is 3. The van der Waals surface area contributed by atoms with Crippen molar-refractivity contribution in [3.05, 3.63) is 60.3 Å². The highest BCUT2D eigenvalue weighted by Crippen LogP contribution is 2.30. The Kier molecular flexibility index (Phi) is 6.39. The molecular formula is C22H25F3N2O. The van der Waals surface area contributed by atoms with Gasteiger partial charge in [0, 0.05) is 31.6 Å². The Hall–Kier alpha value is -2.34. The molecule has 1 aliphatic rings. The number of nitrogens with one attached hydrogen (secondary N) is 1. The van der Waals surface area contributed by atoms with Gasteiger partial charge in [-0.1, -0.05) is 43.0 Å². The van der Waals surface area contributed by atoms with Crippen LogP contribution in [0.15, 0.2) is 54.7 Å². The number of hydrogen-bond acceptors (Lipinski definition) is 3. The number of Topliss-reactive ketones (excluding diaryl/α,β-unsaturated/α-hetero) is 1. The minimum atomic E-state index is -4.35. The lowest BCUT2D eigenvalue weighted by Gasteiger charge is -2.35. The van der Waals surface area contributed by atoms with Crippen molar-refractivity contribution in [2.45, 2.75) is 25.4 Å². The minimum Gasteiger partial charge on any atom is -0.368 e. The number of fused-ring (bicyclic) bond motifs is 1. The molecule has 1 fully saturated rings. The molecule has 0 atom stereocenters. The molecule has 28 heavy (non-hydrogen) atoms. The zero-order chi connectivity index (χ0) is 20.1. The van der Waals surface area contributed by atoms with Crippen LogP contribution in [0.4, 0.5) is 13.2 Å². The number of benzene rings is 2. The molecule has 2 aromatic carbocycles.